The van der Waals surface area contributed by atoms with Crippen LogP contribution < -0.4 is 5.32 Å². The Labute approximate surface area is 111 Å². The Morgan fingerprint density at radius 3 is 2.78 bits per heavy atom. The normalized spacial score (nSPS) is 12.6. The van der Waals surface area contributed by atoms with Crippen LogP contribution in [0.1, 0.15) is 12.7 Å². The van der Waals surface area contributed by atoms with Crippen molar-refractivity contribution in [3.8, 4) is 11.3 Å². The van der Waals surface area contributed by atoms with Crippen LogP contribution in [0.15, 0.2) is 40.8 Å². The van der Waals surface area contributed by atoms with Gasteiger partial charge in [0, 0.05) is 12.1 Å². The van der Waals surface area contributed by atoms with Gasteiger partial charge in [-0.15, -0.1) is 0 Å². The van der Waals surface area contributed by atoms with Gasteiger partial charge in [-0.25, -0.2) is 0 Å². The lowest BCUT2D eigenvalue weighted by atomic mass is 10.2. The Morgan fingerprint density at radius 1 is 1.28 bits per heavy atom. The molecule has 0 unspecified atom stereocenters. The zero-order valence-electron chi connectivity index (χ0n) is 10.2. The van der Waals surface area contributed by atoms with Crippen molar-refractivity contribution in [3.05, 3.63) is 47.2 Å². The molecular formula is C14H16ClNO2. The van der Waals surface area contributed by atoms with E-state index in [4.69, 9.17) is 21.1 Å². The summed E-state index contributed by atoms with van der Waals surface area (Å²) in [4.78, 5) is 0. The highest BCUT2D eigenvalue weighted by molar-refractivity contribution is 6.33. The first-order valence-corrected chi connectivity index (χ1v) is 6.27. The highest BCUT2D eigenvalue weighted by atomic mass is 35.5. The molecule has 3 nitrogen and oxygen atoms in total. The fourth-order valence-corrected chi connectivity index (χ4v) is 1.91. The first-order valence-electron chi connectivity index (χ1n) is 5.89. The molecule has 0 aliphatic carbocycles. The minimum Gasteiger partial charge on any atom is -0.460 e. The molecule has 0 saturated carbocycles. The Balaban J connectivity index is 2.04. The van der Waals surface area contributed by atoms with Crippen molar-refractivity contribution in [2.75, 3.05) is 6.54 Å². The molecule has 18 heavy (non-hydrogen) atoms. The van der Waals surface area contributed by atoms with Crippen molar-refractivity contribution < 1.29 is 9.52 Å². The molecular weight excluding hydrogens is 250 g/mol. The number of aliphatic hydroxyl groups is 1. The molecule has 1 heterocycles. The minimum atomic E-state index is -0.358. The second-order valence-electron chi connectivity index (χ2n) is 4.23. The van der Waals surface area contributed by atoms with Crippen molar-refractivity contribution in [1.82, 2.24) is 5.32 Å². The van der Waals surface area contributed by atoms with E-state index in [1.54, 1.807) is 6.92 Å². The Bertz CT molecular complexity index is 508. The van der Waals surface area contributed by atoms with Crippen LogP contribution in [0.2, 0.25) is 5.02 Å². The van der Waals surface area contributed by atoms with Crippen LogP contribution in [-0.4, -0.2) is 17.8 Å². The molecule has 2 rings (SSSR count). The molecule has 96 valence electrons. The van der Waals surface area contributed by atoms with Crippen molar-refractivity contribution in [3.63, 3.8) is 0 Å². The average Bonchev–Trinajstić information content (AvgIpc) is 2.78. The third-order valence-electron chi connectivity index (χ3n) is 2.54. The van der Waals surface area contributed by atoms with E-state index < -0.39 is 0 Å². The molecule has 4 heteroatoms. The zero-order chi connectivity index (χ0) is 13.0. The van der Waals surface area contributed by atoms with Gasteiger partial charge in [0.05, 0.1) is 17.7 Å². The molecule has 0 fully saturated rings. The summed E-state index contributed by atoms with van der Waals surface area (Å²) in [7, 11) is 0. The molecule has 2 N–H and O–H groups in total. The summed E-state index contributed by atoms with van der Waals surface area (Å²) in [5.74, 6) is 1.58. The molecule has 0 radical (unpaired) electrons. The maximum Gasteiger partial charge on any atom is 0.135 e. The summed E-state index contributed by atoms with van der Waals surface area (Å²) in [6.07, 6.45) is -0.358. The molecule has 2 aromatic rings. The highest BCUT2D eigenvalue weighted by Gasteiger charge is 2.07. The smallest absolute Gasteiger partial charge is 0.135 e. The first kappa shape index (κ1) is 13.1. The third kappa shape index (κ3) is 3.35. The molecule has 0 amide bonds. The Kier molecular flexibility index (Phi) is 4.42. The van der Waals surface area contributed by atoms with Crippen molar-refractivity contribution >= 4 is 11.6 Å². The van der Waals surface area contributed by atoms with Crippen LogP contribution in [0.3, 0.4) is 0 Å². The van der Waals surface area contributed by atoms with Crippen LogP contribution in [0.5, 0.6) is 0 Å². The summed E-state index contributed by atoms with van der Waals surface area (Å²) in [5.41, 5.74) is 0.890. The van der Waals surface area contributed by atoms with Crippen LogP contribution in [0.25, 0.3) is 11.3 Å². The number of hydrogen-bond acceptors (Lipinski definition) is 3. The number of nitrogens with one attached hydrogen (secondary N) is 1. The molecule has 1 aromatic carbocycles. The summed E-state index contributed by atoms with van der Waals surface area (Å²) in [6, 6.07) is 11.4. The summed E-state index contributed by atoms with van der Waals surface area (Å²) in [5, 5.41) is 12.9. The average molecular weight is 266 g/mol. The lowest BCUT2D eigenvalue weighted by Crippen LogP contribution is -2.23. The Hall–Kier alpha value is -1.29. The maximum atomic E-state index is 9.14. The van der Waals surface area contributed by atoms with Crippen LogP contribution >= 0.6 is 11.6 Å². The maximum absolute atomic E-state index is 9.14. The van der Waals surface area contributed by atoms with Crippen molar-refractivity contribution in [1.29, 1.82) is 0 Å². The van der Waals surface area contributed by atoms with Crippen LogP contribution in [-0.2, 0) is 6.54 Å². The van der Waals surface area contributed by atoms with E-state index >= 15 is 0 Å². The summed E-state index contributed by atoms with van der Waals surface area (Å²) < 4.78 is 5.70. The molecule has 1 aromatic heterocycles. The van der Waals surface area contributed by atoms with E-state index in [0.29, 0.717) is 18.1 Å². The van der Waals surface area contributed by atoms with Crippen molar-refractivity contribution in [2.24, 2.45) is 0 Å². The van der Waals surface area contributed by atoms with E-state index in [2.05, 4.69) is 5.32 Å². The van der Waals surface area contributed by atoms with Gasteiger partial charge in [-0.05, 0) is 31.2 Å². The number of halogens is 1. The molecule has 0 aliphatic heterocycles. The van der Waals surface area contributed by atoms with E-state index in [9.17, 15) is 0 Å². The lowest BCUT2D eigenvalue weighted by Gasteiger charge is -2.04. The predicted molar refractivity (Wildman–Crippen MR) is 72.5 cm³/mol. The largest absolute Gasteiger partial charge is 0.460 e. The van der Waals surface area contributed by atoms with E-state index in [-0.39, 0.29) is 6.10 Å². The third-order valence-corrected chi connectivity index (χ3v) is 2.87. The highest BCUT2D eigenvalue weighted by Crippen LogP contribution is 2.28. The summed E-state index contributed by atoms with van der Waals surface area (Å²) in [6.45, 7) is 2.88. The van der Waals surface area contributed by atoms with Crippen LogP contribution in [0, 0.1) is 0 Å². The van der Waals surface area contributed by atoms with E-state index in [0.717, 1.165) is 17.1 Å². The number of furan rings is 1. The molecule has 0 saturated heterocycles. The Morgan fingerprint density at radius 2 is 2.06 bits per heavy atom. The summed E-state index contributed by atoms with van der Waals surface area (Å²) >= 11 is 6.11. The van der Waals surface area contributed by atoms with E-state index in [1.807, 2.05) is 36.4 Å². The second kappa shape index (κ2) is 6.05. The predicted octanol–water partition coefficient (Wildman–Crippen LogP) is 3.07. The number of hydrogen-bond donors (Lipinski definition) is 2. The van der Waals surface area contributed by atoms with Crippen molar-refractivity contribution in [2.45, 2.75) is 19.6 Å². The van der Waals surface area contributed by atoms with Gasteiger partial charge < -0.3 is 14.8 Å². The monoisotopic (exact) mass is 265 g/mol. The lowest BCUT2D eigenvalue weighted by molar-refractivity contribution is 0.190. The number of aliphatic hydroxyl groups excluding tert-OH is 1. The minimum absolute atomic E-state index is 0.358. The van der Waals surface area contributed by atoms with Gasteiger partial charge in [-0.2, -0.15) is 0 Å². The first-order chi connectivity index (χ1) is 8.66. The van der Waals surface area contributed by atoms with Gasteiger partial charge in [-0.1, -0.05) is 23.7 Å². The molecule has 1 atom stereocenters. The topological polar surface area (TPSA) is 45.4 Å². The van der Waals surface area contributed by atoms with Gasteiger partial charge in [0.15, 0.2) is 0 Å². The second-order valence-corrected chi connectivity index (χ2v) is 4.63. The fourth-order valence-electron chi connectivity index (χ4n) is 1.68. The molecule has 0 spiro atoms. The number of benzene rings is 1. The van der Waals surface area contributed by atoms with Gasteiger partial charge in [0.25, 0.3) is 0 Å². The van der Waals surface area contributed by atoms with Crippen LogP contribution in [0.4, 0.5) is 0 Å². The standard InChI is InChI=1S/C14H16ClNO2/c1-10(17)8-16-9-11-6-7-14(18-11)12-4-2-3-5-13(12)15/h2-7,10,16-17H,8-9H2,1H3/t10-/m0/s1. The van der Waals surface area contributed by atoms with E-state index in [1.165, 1.54) is 0 Å². The quantitative estimate of drug-likeness (QED) is 0.873. The zero-order valence-corrected chi connectivity index (χ0v) is 10.9. The molecule has 0 aliphatic rings. The number of rotatable bonds is 5. The fraction of sp³-hybridized carbons (Fsp3) is 0.286. The SMILES string of the molecule is C[C@H](O)CNCc1ccc(-c2ccccc2Cl)o1. The molecule has 0 bridgehead atoms. The van der Waals surface area contributed by atoms with Gasteiger partial charge >= 0.3 is 0 Å². The van der Waals surface area contributed by atoms with Gasteiger partial charge in [0.1, 0.15) is 11.5 Å². The van der Waals surface area contributed by atoms with Gasteiger partial charge in [0.2, 0.25) is 0 Å². The van der Waals surface area contributed by atoms with Gasteiger partial charge in [-0.3, -0.25) is 0 Å².